The van der Waals surface area contributed by atoms with Crippen LogP contribution in [0.25, 0.3) is 0 Å². The van der Waals surface area contributed by atoms with E-state index < -0.39 is 23.5 Å². The van der Waals surface area contributed by atoms with Gasteiger partial charge in [-0.15, -0.1) is 0 Å². The second kappa shape index (κ2) is 7.63. The summed E-state index contributed by atoms with van der Waals surface area (Å²) in [6.07, 6.45) is 1.25. The summed E-state index contributed by atoms with van der Waals surface area (Å²) in [6.45, 7) is 3.15. The Morgan fingerprint density at radius 1 is 1.52 bits per heavy atom. The number of methoxy groups -OCH3 is 1. The van der Waals surface area contributed by atoms with Gasteiger partial charge in [0, 0.05) is 0 Å². The molecule has 0 saturated heterocycles. The van der Waals surface area contributed by atoms with Crippen LogP contribution in [-0.2, 0) is 25.6 Å². The standard InChI is InChI=1S/C12H16ClN3O5/c1-4-21-12(19)7(2)15-8-5-14-16(6-9(17)20-3)11(18)10(8)13/h5,7,15H,4,6H2,1-3H3. The molecule has 0 aliphatic heterocycles. The predicted octanol–water partition coefficient (Wildman–Crippen LogP) is 0.433. The highest BCUT2D eigenvalue weighted by Crippen LogP contribution is 2.16. The molecule has 0 bridgehead atoms. The number of carbonyl (C=O) groups is 2. The van der Waals surface area contributed by atoms with Crippen molar-refractivity contribution in [1.82, 2.24) is 9.78 Å². The molecule has 0 amide bonds. The summed E-state index contributed by atoms with van der Waals surface area (Å²) in [4.78, 5) is 34.6. The van der Waals surface area contributed by atoms with Gasteiger partial charge in [-0.2, -0.15) is 5.10 Å². The Balaban J connectivity index is 2.92. The summed E-state index contributed by atoms with van der Waals surface area (Å²) in [5.41, 5.74) is -0.480. The number of rotatable bonds is 6. The van der Waals surface area contributed by atoms with Crippen LogP contribution in [0.15, 0.2) is 11.0 Å². The number of anilines is 1. The van der Waals surface area contributed by atoms with E-state index in [-0.39, 0.29) is 23.9 Å². The van der Waals surface area contributed by atoms with E-state index in [1.165, 1.54) is 13.3 Å². The number of esters is 2. The lowest BCUT2D eigenvalue weighted by molar-refractivity contribution is -0.143. The van der Waals surface area contributed by atoms with Crippen LogP contribution in [0.4, 0.5) is 5.69 Å². The summed E-state index contributed by atoms with van der Waals surface area (Å²) in [6, 6.07) is -0.694. The first kappa shape index (κ1) is 17.0. The molecule has 1 unspecified atom stereocenters. The van der Waals surface area contributed by atoms with Crippen LogP contribution in [0.1, 0.15) is 13.8 Å². The number of hydrogen-bond acceptors (Lipinski definition) is 7. The molecule has 0 aromatic carbocycles. The van der Waals surface area contributed by atoms with E-state index in [9.17, 15) is 14.4 Å². The molecule has 1 N–H and O–H groups in total. The van der Waals surface area contributed by atoms with Gasteiger partial charge in [-0.3, -0.25) is 9.59 Å². The number of nitrogens with zero attached hydrogens (tertiary/aromatic N) is 2. The van der Waals surface area contributed by atoms with Gasteiger partial charge in [-0.05, 0) is 13.8 Å². The predicted molar refractivity (Wildman–Crippen MR) is 75.2 cm³/mol. The van der Waals surface area contributed by atoms with Crippen LogP contribution < -0.4 is 10.9 Å². The van der Waals surface area contributed by atoms with Crippen molar-refractivity contribution in [3.63, 3.8) is 0 Å². The lowest BCUT2D eigenvalue weighted by atomic mass is 10.3. The van der Waals surface area contributed by atoms with Crippen molar-refractivity contribution in [2.24, 2.45) is 0 Å². The molecule has 9 heteroatoms. The Hall–Kier alpha value is -2.09. The normalized spacial score (nSPS) is 11.6. The Bertz CT molecular complexity index is 587. The smallest absolute Gasteiger partial charge is 0.328 e. The van der Waals surface area contributed by atoms with Crippen LogP contribution in [0.5, 0.6) is 0 Å². The van der Waals surface area contributed by atoms with E-state index >= 15 is 0 Å². The van der Waals surface area contributed by atoms with E-state index in [1.54, 1.807) is 13.8 Å². The highest BCUT2D eigenvalue weighted by molar-refractivity contribution is 6.33. The van der Waals surface area contributed by atoms with E-state index in [0.717, 1.165) is 4.68 Å². The van der Waals surface area contributed by atoms with E-state index in [2.05, 4.69) is 15.2 Å². The molecular weight excluding hydrogens is 302 g/mol. The molecule has 1 rings (SSSR count). The van der Waals surface area contributed by atoms with Crippen LogP contribution in [0.3, 0.4) is 0 Å². The maximum absolute atomic E-state index is 11.9. The zero-order valence-electron chi connectivity index (χ0n) is 11.9. The molecule has 116 valence electrons. The third-order valence-corrected chi connectivity index (χ3v) is 2.87. The van der Waals surface area contributed by atoms with Gasteiger partial charge in [-0.1, -0.05) is 11.6 Å². The summed E-state index contributed by atoms with van der Waals surface area (Å²) in [7, 11) is 1.20. The molecule has 1 aromatic rings. The second-order valence-electron chi connectivity index (χ2n) is 4.03. The van der Waals surface area contributed by atoms with Crippen molar-refractivity contribution in [1.29, 1.82) is 0 Å². The van der Waals surface area contributed by atoms with Gasteiger partial charge in [0.05, 0.1) is 25.6 Å². The molecule has 0 fully saturated rings. The maximum atomic E-state index is 11.9. The lowest BCUT2D eigenvalue weighted by Crippen LogP contribution is -2.31. The van der Waals surface area contributed by atoms with Gasteiger partial charge in [-0.25, -0.2) is 9.48 Å². The fraction of sp³-hybridized carbons (Fsp3) is 0.500. The average Bonchev–Trinajstić information content (AvgIpc) is 2.46. The topological polar surface area (TPSA) is 99.5 Å². The SMILES string of the molecule is CCOC(=O)C(C)Nc1cnn(CC(=O)OC)c(=O)c1Cl. The first-order valence-electron chi connectivity index (χ1n) is 6.16. The van der Waals surface area contributed by atoms with Crippen molar-refractivity contribution < 1.29 is 19.1 Å². The lowest BCUT2D eigenvalue weighted by Gasteiger charge is -2.15. The molecule has 1 aromatic heterocycles. The second-order valence-corrected chi connectivity index (χ2v) is 4.41. The van der Waals surface area contributed by atoms with E-state index in [0.29, 0.717) is 0 Å². The molecule has 0 spiro atoms. The van der Waals surface area contributed by atoms with Crippen LogP contribution in [0, 0.1) is 0 Å². The molecule has 0 saturated carbocycles. The van der Waals surface area contributed by atoms with Gasteiger partial charge >= 0.3 is 11.9 Å². The number of nitrogens with one attached hydrogen (secondary N) is 1. The molecule has 0 radical (unpaired) electrons. The van der Waals surface area contributed by atoms with Crippen molar-refractivity contribution in [3.8, 4) is 0 Å². The van der Waals surface area contributed by atoms with Gasteiger partial charge in [0.25, 0.3) is 5.56 Å². The maximum Gasteiger partial charge on any atom is 0.328 e. The van der Waals surface area contributed by atoms with Crippen molar-refractivity contribution in [2.45, 2.75) is 26.4 Å². The van der Waals surface area contributed by atoms with E-state index in [1.807, 2.05) is 0 Å². The Kier molecular flexibility index (Phi) is 6.16. The summed E-state index contributed by atoms with van der Waals surface area (Å²) < 4.78 is 10.1. The first-order valence-corrected chi connectivity index (χ1v) is 6.54. The number of halogens is 1. The van der Waals surface area contributed by atoms with Gasteiger partial charge in [0.1, 0.15) is 17.6 Å². The van der Waals surface area contributed by atoms with Crippen LogP contribution in [-0.4, -0.2) is 41.5 Å². The number of carbonyl (C=O) groups excluding carboxylic acids is 2. The van der Waals surface area contributed by atoms with Crippen molar-refractivity contribution in [2.75, 3.05) is 19.0 Å². The van der Waals surface area contributed by atoms with Crippen molar-refractivity contribution >= 4 is 29.2 Å². The largest absolute Gasteiger partial charge is 0.468 e. The molecule has 1 atom stereocenters. The third-order valence-electron chi connectivity index (χ3n) is 2.50. The Labute approximate surface area is 126 Å². The zero-order chi connectivity index (χ0) is 16.0. The molecule has 8 nitrogen and oxygen atoms in total. The Morgan fingerprint density at radius 2 is 2.19 bits per heavy atom. The molecule has 1 heterocycles. The summed E-state index contributed by atoms with van der Waals surface area (Å²) in [5, 5.41) is 6.35. The monoisotopic (exact) mass is 317 g/mol. The van der Waals surface area contributed by atoms with E-state index in [4.69, 9.17) is 16.3 Å². The fourth-order valence-electron chi connectivity index (χ4n) is 1.42. The molecule has 0 aliphatic rings. The minimum atomic E-state index is -0.694. The highest BCUT2D eigenvalue weighted by atomic mass is 35.5. The molecule has 21 heavy (non-hydrogen) atoms. The Morgan fingerprint density at radius 3 is 2.76 bits per heavy atom. The van der Waals surface area contributed by atoms with Crippen LogP contribution >= 0.6 is 11.6 Å². The molecule has 0 aliphatic carbocycles. The average molecular weight is 318 g/mol. The first-order chi connectivity index (χ1) is 9.90. The summed E-state index contributed by atoms with van der Waals surface area (Å²) in [5.74, 6) is -1.10. The number of ether oxygens (including phenoxy) is 2. The number of aromatic nitrogens is 2. The third kappa shape index (κ3) is 4.45. The van der Waals surface area contributed by atoms with Gasteiger partial charge in [0.2, 0.25) is 0 Å². The fourth-order valence-corrected chi connectivity index (χ4v) is 1.63. The minimum Gasteiger partial charge on any atom is -0.468 e. The minimum absolute atomic E-state index is 0.176. The zero-order valence-corrected chi connectivity index (χ0v) is 12.6. The quantitative estimate of drug-likeness (QED) is 0.759. The van der Waals surface area contributed by atoms with Gasteiger partial charge < -0.3 is 14.8 Å². The highest BCUT2D eigenvalue weighted by Gasteiger charge is 2.18. The van der Waals surface area contributed by atoms with Gasteiger partial charge in [0.15, 0.2) is 0 Å². The summed E-state index contributed by atoms with van der Waals surface area (Å²) >= 11 is 5.91. The van der Waals surface area contributed by atoms with Crippen molar-refractivity contribution in [3.05, 3.63) is 21.6 Å². The number of hydrogen-bond donors (Lipinski definition) is 1. The molecular formula is C12H16ClN3O5. The van der Waals surface area contributed by atoms with Crippen LogP contribution in [0.2, 0.25) is 5.02 Å².